The fraction of sp³-hybridized carbons (Fsp3) is 0.409. The molecule has 0 radical (unpaired) electrons. The van der Waals surface area contributed by atoms with Crippen molar-refractivity contribution in [2.24, 2.45) is 0 Å². The third-order valence-corrected chi connectivity index (χ3v) is 5.65. The van der Waals surface area contributed by atoms with Crippen molar-refractivity contribution in [1.82, 2.24) is 4.90 Å². The maximum atomic E-state index is 12.5. The zero-order valence-corrected chi connectivity index (χ0v) is 17.4. The number of rotatable bonds is 4. The smallest absolute Gasteiger partial charge is 0.238 e. The minimum Gasteiger partial charge on any atom is -0.369 e. The van der Waals surface area contributed by atoms with E-state index in [9.17, 15) is 4.79 Å². The second kappa shape index (κ2) is 8.32. The molecule has 0 aromatic heterocycles. The van der Waals surface area contributed by atoms with Gasteiger partial charge in [0.05, 0.1) is 17.3 Å². The van der Waals surface area contributed by atoms with Crippen molar-refractivity contribution in [2.75, 3.05) is 42.9 Å². The van der Waals surface area contributed by atoms with E-state index in [1.54, 1.807) is 0 Å². The SMILES string of the molecule is Cc1cc(C)c(NC(=O)CN2CCN(c3cccc(C)c3C)CC2)c(Cl)c1. The highest BCUT2D eigenvalue weighted by molar-refractivity contribution is 6.34. The number of aryl methyl sites for hydroxylation is 3. The molecular weight excluding hydrogens is 358 g/mol. The summed E-state index contributed by atoms with van der Waals surface area (Å²) in [6.45, 7) is 12.3. The summed E-state index contributed by atoms with van der Waals surface area (Å²) in [6.07, 6.45) is 0. The number of anilines is 2. The highest BCUT2D eigenvalue weighted by Crippen LogP contribution is 2.27. The van der Waals surface area contributed by atoms with Gasteiger partial charge in [-0.2, -0.15) is 0 Å². The van der Waals surface area contributed by atoms with Crippen molar-refractivity contribution in [1.29, 1.82) is 0 Å². The number of nitrogens with one attached hydrogen (secondary N) is 1. The quantitative estimate of drug-likeness (QED) is 0.850. The normalized spacial score (nSPS) is 15.1. The van der Waals surface area contributed by atoms with Gasteiger partial charge >= 0.3 is 0 Å². The van der Waals surface area contributed by atoms with E-state index in [-0.39, 0.29) is 5.91 Å². The lowest BCUT2D eigenvalue weighted by molar-refractivity contribution is -0.117. The van der Waals surface area contributed by atoms with Gasteiger partial charge in [0.1, 0.15) is 0 Å². The Labute approximate surface area is 167 Å². The van der Waals surface area contributed by atoms with Crippen LogP contribution in [0.15, 0.2) is 30.3 Å². The largest absolute Gasteiger partial charge is 0.369 e. The summed E-state index contributed by atoms with van der Waals surface area (Å²) in [6, 6.07) is 10.4. The molecule has 1 fully saturated rings. The Hall–Kier alpha value is -2.04. The molecule has 2 aromatic carbocycles. The number of halogens is 1. The molecule has 3 rings (SSSR count). The summed E-state index contributed by atoms with van der Waals surface area (Å²) in [5.74, 6) is -0.0101. The molecule has 1 saturated heterocycles. The molecule has 1 heterocycles. The Kier molecular flexibility index (Phi) is 6.08. The third-order valence-electron chi connectivity index (χ3n) is 5.35. The number of piperazine rings is 1. The van der Waals surface area contributed by atoms with Gasteiger partial charge in [-0.15, -0.1) is 0 Å². The monoisotopic (exact) mass is 385 g/mol. The van der Waals surface area contributed by atoms with Crippen LogP contribution >= 0.6 is 11.6 Å². The van der Waals surface area contributed by atoms with Crippen molar-refractivity contribution in [3.63, 3.8) is 0 Å². The van der Waals surface area contributed by atoms with Crippen LogP contribution in [-0.4, -0.2) is 43.5 Å². The number of carbonyl (C=O) groups excluding carboxylic acids is 1. The molecule has 0 saturated carbocycles. The molecule has 0 aliphatic carbocycles. The van der Waals surface area contributed by atoms with Gasteiger partial charge in [0.25, 0.3) is 0 Å². The van der Waals surface area contributed by atoms with E-state index in [0.717, 1.165) is 43.0 Å². The average molecular weight is 386 g/mol. The van der Waals surface area contributed by atoms with Gasteiger partial charge in [0.2, 0.25) is 5.91 Å². The molecular formula is C22H28ClN3O. The van der Waals surface area contributed by atoms with Crippen LogP contribution in [0.25, 0.3) is 0 Å². The lowest BCUT2D eigenvalue weighted by atomic mass is 10.1. The molecule has 5 heteroatoms. The van der Waals surface area contributed by atoms with Crippen LogP contribution < -0.4 is 10.2 Å². The Morgan fingerprint density at radius 1 is 1.04 bits per heavy atom. The van der Waals surface area contributed by atoms with Crippen molar-refractivity contribution < 1.29 is 4.79 Å². The van der Waals surface area contributed by atoms with Crippen LogP contribution in [0.4, 0.5) is 11.4 Å². The third kappa shape index (κ3) is 4.63. The maximum Gasteiger partial charge on any atom is 0.238 e. The maximum absolute atomic E-state index is 12.5. The van der Waals surface area contributed by atoms with E-state index < -0.39 is 0 Å². The minimum absolute atomic E-state index is 0.0101. The Balaban J connectivity index is 1.56. The van der Waals surface area contributed by atoms with Crippen LogP contribution in [0, 0.1) is 27.7 Å². The number of carbonyl (C=O) groups is 1. The summed E-state index contributed by atoms with van der Waals surface area (Å²) in [5.41, 5.74) is 6.78. The van der Waals surface area contributed by atoms with Gasteiger partial charge in [0.15, 0.2) is 0 Å². The molecule has 1 N–H and O–H groups in total. The summed E-state index contributed by atoms with van der Waals surface area (Å²) in [4.78, 5) is 17.1. The predicted molar refractivity (Wildman–Crippen MR) is 114 cm³/mol. The molecule has 0 spiro atoms. The molecule has 0 atom stereocenters. The Morgan fingerprint density at radius 2 is 1.74 bits per heavy atom. The Morgan fingerprint density at radius 3 is 2.41 bits per heavy atom. The fourth-order valence-corrected chi connectivity index (χ4v) is 4.05. The van der Waals surface area contributed by atoms with E-state index in [1.165, 1.54) is 16.8 Å². The van der Waals surface area contributed by atoms with E-state index >= 15 is 0 Å². The molecule has 0 bridgehead atoms. The van der Waals surface area contributed by atoms with Gasteiger partial charge in [-0.25, -0.2) is 0 Å². The van der Waals surface area contributed by atoms with Crippen LogP contribution in [0.3, 0.4) is 0 Å². The number of nitrogens with zero attached hydrogens (tertiary/aromatic N) is 2. The lowest BCUT2D eigenvalue weighted by Crippen LogP contribution is -2.48. The van der Waals surface area contributed by atoms with Crippen molar-refractivity contribution in [3.05, 3.63) is 57.6 Å². The lowest BCUT2D eigenvalue weighted by Gasteiger charge is -2.36. The second-order valence-electron chi connectivity index (χ2n) is 7.47. The number of hydrogen-bond donors (Lipinski definition) is 1. The standard InChI is InChI=1S/C22H28ClN3O/c1-15-12-17(3)22(19(23)13-15)24-21(27)14-25-8-10-26(11-9-25)20-7-5-6-16(2)18(20)4/h5-7,12-13H,8-11,14H2,1-4H3,(H,24,27). The average Bonchev–Trinajstić information content (AvgIpc) is 2.61. The molecule has 2 aromatic rings. The van der Waals surface area contributed by atoms with Gasteiger partial charge in [0, 0.05) is 31.9 Å². The molecule has 27 heavy (non-hydrogen) atoms. The van der Waals surface area contributed by atoms with Crippen LogP contribution in [0.1, 0.15) is 22.3 Å². The van der Waals surface area contributed by atoms with Crippen LogP contribution in [0.5, 0.6) is 0 Å². The second-order valence-corrected chi connectivity index (χ2v) is 7.88. The Bertz CT molecular complexity index is 818. The van der Waals surface area contributed by atoms with Crippen molar-refractivity contribution in [3.8, 4) is 0 Å². The van der Waals surface area contributed by atoms with Crippen LogP contribution in [0.2, 0.25) is 5.02 Å². The first-order valence-corrected chi connectivity index (χ1v) is 9.83. The first-order valence-electron chi connectivity index (χ1n) is 9.45. The van der Waals surface area contributed by atoms with E-state index in [0.29, 0.717) is 11.6 Å². The zero-order valence-electron chi connectivity index (χ0n) is 16.6. The first kappa shape index (κ1) is 19.7. The molecule has 1 aliphatic rings. The van der Waals surface area contributed by atoms with E-state index in [2.05, 4.69) is 47.2 Å². The summed E-state index contributed by atoms with van der Waals surface area (Å²) >= 11 is 6.30. The number of amides is 1. The molecule has 1 aliphatic heterocycles. The molecule has 0 unspecified atom stereocenters. The molecule has 144 valence electrons. The minimum atomic E-state index is -0.0101. The first-order chi connectivity index (χ1) is 12.8. The molecule has 1 amide bonds. The van der Waals surface area contributed by atoms with E-state index in [4.69, 9.17) is 11.6 Å². The van der Waals surface area contributed by atoms with Gasteiger partial charge in [-0.3, -0.25) is 9.69 Å². The topological polar surface area (TPSA) is 35.6 Å². The summed E-state index contributed by atoms with van der Waals surface area (Å²) < 4.78 is 0. The fourth-order valence-electron chi connectivity index (χ4n) is 3.68. The highest BCUT2D eigenvalue weighted by Gasteiger charge is 2.21. The highest BCUT2D eigenvalue weighted by atomic mass is 35.5. The summed E-state index contributed by atoms with van der Waals surface area (Å²) in [7, 11) is 0. The number of benzene rings is 2. The predicted octanol–water partition coefficient (Wildman–Crippen LogP) is 4.33. The van der Waals surface area contributed by atoms with Gasteiger partial charge < -0.3 is 10.2 Å². The zero-order chi connectivity index (χ0) is 19.6. The van der Waals surface area contributed by atoms with Gasteiger partial charge in [-0.1, -0.05) is 29.8 Å². The van der Waals surface area contributed by atoms with Crippen molar-refractivity contribution in [2.45, 2.75) is 27.7 Å². The van der Waals surface area contributed by atoms with Crippen molar-refractivity contribution >= 4 is 28.9 Å². The molecule has 4 nitrogen and oxygen atoms in total. The van der Waals surface area contributed by atoms with Gasteiger partial charge in [-0.05, 0) is 62.1 Å². The summed E-state index contributed by atoms with van der Waals surface area (Å²) in [5, 5.41) is 3.58. The van der Waals surface area contributed by atoms with Crippen LogP contribution in [-0.2, 0) is 4.79 Å². The number of hydrogen-bond acceptors (Lipinski definition) is 3. The van der Waals surface area contributed by atoms with E-state index in [1.807, 2.05) is 26.0 Å².